The largest absolute Gasteiger partial charge is 0.418 e. The summed E-state index contributed by atoms with van der Waals surface area (Å²) in [6.07, 6.45) is 3.01. The molecule has 0 aliphatic heterocycles. The number of carbonyl (C=O) groups excluding carboxylic acids is 1. The van der Waals surface area contributed by atoms with Crippen molar-refractivity contribution in [3.8, 4) is 11.6 Å². The van der Waals surface area contributed by atoms with Crippen LogP contribution in [0.5, 0.6) is 0 Å². The van der Waals surface area contributed by atoms with Crippen molar-refractivity contribution < 1.29 is 18.0 Å². The molecule has 8 nitrogen and oxygen atoms in total. The Bertz CT molecular complexity index is 1210. The number of nitrogens with zero attached hydrogens (tertiary/aromatic N) is 6. The molecular weight excluding hydrogens is 387 g/mol. The molecule has 146 valence electrons. The van der Waals surface area contributed by atoms with Crippen LogP contribution in [0, 0.1) is 6.92 Å². The monoisotopic (exact) mass is 399 g/mol. The number of rotatable bonds is 3. The molecule has 0 spiro atoms. The summed E-state index contributed by atoms with van der Waals surface area (Å²) in [5.74, 6) is -0.136. The Morgan fingerprint density at radius 1 is 1.07 bits per heavy atom. The molecule has 0 saturated heterocycles. The van der Waals surface area contributed by atoms with Gasteiger partial charge >= 0.3 is 6.18 Å². The number of amides is 1. The minimum absolute atomic E-state index is 0.106. The third-order valence-corrected chi connectivity index (χ3v) is 4.12. The predicted molar refractivity (Wildman–Crippen MR) is 96.2 cm³/mol. The number of halogens is 3. The van der Waals surface area contributed by atoms with Crippen LogP contribution in [0.1, 0.15) is 21.6 Å². The first-order valence-electron chi connectivity index (χ1n) is 8.29. The second-order valence-corrected chi connectivity index (χ2v) is 6.01. The third kappa shape index (κ3) is 3.49. The molecule has 0 aliphatic carbocycles. The van der Waals surface area contributed by atoms with Crippen LogP contribution in [-0.4, -0.2) is 35.5 Å². The van der Waals surface area contributed by atoms with Gasteiger partial charge in [-0.05, 0) is 19.1 Å². The number of aromatic nitrogens is 6. The van der Waals surface area contributed by atoms with Gasteiger partial charge in [-0.2, -0.15) is 13.2 Å². The smallest absolute Gasteiger partial charge is 0.267 e. The van der Waals surface area contributed by atoms with Crippen LogP contribution in [-0.2, 0) is 6.18 Å². The lowest BCUT2D eigenvalue weighted by molar-refractivity contribution is -0.136. The Hall–Kier alpha value is -3.89. The molecule has 11 heteroatoms. The molecule has 4 rings (SSSR count). The fourth-order valence-corrected chi connectivity index (χ4v) is 2.77. The first-order chi connectivity index (χ1) is 13.8. The van der Waals surface area contributed by atoms with E-state index in [4.69, 9.17) is 0 Å². The Morgan fingerprint density at radius 3 is 2.52 bits per heavy atom. The van der Waals surface area contributed by atoms with E-state index in [1.54, 1.807) is 13.0 Å². The molecule has 0 radical (unpaired) electrons. The van der Waals surface area contributed by atoms with E-state index in [1.807, 2.05) is 0 Å². The van der Waals surface area contributed by atoms with Crippen LogP contribution in [0.3, 0.4) is 0 Å². The first-order valence-corrected chi connectivity index (χ1v) is 8.29. The maximum Gasteiger partial charge on any atom is 0.418 e. The van der Waals surface area contributed by atoms with Gasteiger partial charge in [0.1, 0.15) is 0 Å². The number of nitrogens with one attached hydrogen (secondary N) is 1. The molecule has 0 aromatic carbocycles. The van der Waals surface area contributed by atoms with Gasteiger partial charge in [-0.15, -0.1) is 0 Å². The lowest BCUT2D eigenvalue weighted by atomic mass is 10.2. The zero-order valence-electron chi connectivity index (χ0n) is 14.8. The van der Waals surface area contributed by atoms with Crippen molar-refractivity contribution >= 4 is 16.8 Å². The number of fused-ring (bicyclic) bond motifs is 1. The van der Waals surface area contributed by atoms with E-state index in [1.165, 1.54) is 30.9 Å². The Kier molecular flexibility index (Phi) is 4.41. The fourth-order valence-electron chi connectivity index (χ4n) is 2.77. The summed E-state index contributed by atoms with van der Waals surface area (Å²) in [4.78, 5) is 32.8. The standard InChI is InChI=1S/C18H12F3N7O/c1-10-11(8-25-16(26-10)15-23-4-2-5-24-15)17(29)27-28-9-13(18(19,20)21)12-7-22-6-3-14(12)28/h2-9H,1H3,(H,27,29). The van der Waals surface area contributed by atoms with Crippen LogP contribution in [0.25, 0.3) is 22.6 Å². The SMILES string of the molecule is Cc1nc(-c2ncccn2)ncc1C(=O)Nn1cc(C(F)(F)F)c2cnccc21. The van der Waals surface area contributed by atoms with Crippen molar-refractivity contribution in [2.24, 2.45) is 0 Å². The van der Waals surface area contributed by atoms with Crippen LogP contribution in [0.15, 0.2) is 49.3 Å². The fraction of sp³-hybridized carbons (Fsp3) is 0.111. The molecule has 4 heterocycles. The van der Waals surface area contributed by atoms with E-state index in [-0.39, 0.29) is 22.3 Å². The maximum atomic E-state index is 13.3. The van der Waals surface area contributed by atoms with Gasteiger partial charge in [0, 0.05) is 42.6 Å². The summed E-state index contributed by atoms with van der Waals surface area (Å²) in [6, 6.07) is 3.02. The van der Waals surface area contributed by atoms with Crippen LogP contribution in [0.4, 0.5) is 13.2 Å². The molecule has 0 fully saturated rings. The Labute approximate surface area is 161 Å². The normalized spacial score (nSPS) is 11.6. The summed E-state index contributed by atoms with van der Waals surface area (Å²) in [6.45, 7) is 1.59. The number of pyridine rings is 1. The van der Waals surface area contributed by atoms with Crippen LogP contribution < -0.4 is 5.43 Å². The molecule has 29 heavy (non-hydrogen) atoms. The highest BCUT2D eigenvalue weighted by atomic mass is 19.4. The highest BCUT2D eigenvalue weighted by Gasteiger charge is 2.35. The summed E-state index contributed by atoms with van der Waals surface area (Å²) < 4.78 is 40.8. The maximum absolute atomic E-state index is 13.3. The average Bonchev–Trinajstić information content (AvgIpc) is 3.07. The zero-order valence-corrected chi connectivity index (χ0v) is 14.8. The van der Waals surface area contributed by atoms with Crippen LogP contribution >= 0.6 is 0 Å². The predicted octanol–water partition coefficient (Wildman–Crippen LogP) is 2.99. The van der Waals surface area contributed by atoms with Crippen molar-refractivity contribution in [1.29, 1.82) is 0 Å². The number of hydrogen-bond acceptors (Lipinski definition) is 6. The molecule has 0 bridgehead atoms. The Morgan fingerprint density at radius 2 is 1.83 bits per heavy atom. The second-order valence-electron chi connectivity index (χ2n) is 6.01. The summed E-state index contributed by atoms with van der Waals surface area (Å²) in [5, 5.41) is -0.121. The third-order valence-electron chi connectivity index (χ3n) is 4.12. The average molecular weight is 399 g/mol. The number of hydrogen-bond donors (Lipinski definition) is 1. The van der Waals surface area contributed by atoms with E-state index in [0.717, 1.165) is 17.1 Å². The minimum Gasteiger partial charge on any atom is -0.267 e. The molecule has 0 saturated carbocycles. The van der Waals surface area contributed by atoms with E-state index < -0.39 is 17.6 Å². The quantitative estimate of drug-likeness (QED) is 0.569. The zero-order chi connectivity index (χ0) is 20.6. The number of aryl methyl sites for hydroxylation is 1. The van der Waals surface area contributed by atoms with Gasteiger partial charge in [0.25, 0.3) is 5.91 Å². The van der Waals surface area contributed by atoms with E-state index in [0.29, 0.717) is 11.5 Å². The van der Waals surface area contributed by atoms with Crippen molar-refractivity contribution in [3.63, 3.8) is 0 Å². The van der Waals surface area contributed by atoms with Crippen molar-refractivity contribution in [2.75, 3.05) is 5.43 Å². The molecule has 4 aromatic heterocycles. The van der Waals surface area contributed by atoms with Crippen LogP contribution in [0.2, 0.25) is 0 Å². The lowest BCUT2D eigenvalue weighted by Gasteiger charge is -2.10. The van der Waals surface area contributed by atoms with Gasteiger partial charge in [-0.3, -0.25) is 19.9 Å². The molecule has 0 aliphatic rings. The van der Waals surface area contributed by atoms with Gasteiger partial charge in [0.05, 0.1) is 22.3 Å². The summed E-state index contributed by atoms with van der Waals surface area (Å²) in [5.41, 5.74) is 2.13. The topological polar surface area (TPSA) is 98.5 Å². The number of alkyl halides is 3. The first kappa shape index (κ1) is 18.5. The lowest BCUT2D eigenvalue weighted by Crippen LogP contribution is -2.23. The van der Waals surface area contributed by atoms with E-state index in [9.17, 15) is 18.0 Å². The summed E-state index contributed by atoms with van der Waals surface area (Å²) in [7, 11) is 0. The second kappa shape index (κ2) is 6.93. The molecule has 1 N–H and O–H groups in total. The van der Waals surface area contributed by atoms with Gasteiger partial charge in [0.2, 0.25) is 0 Å². The van der Waals surface area contributed by atoms with Crippen molar-refractivity contribution in [1.82, 2.24) is 29.6 Å². The Balaban J connectivity index is 1.67. The minimum atomic E-state index is -4.59. The molecule has 0 atom stereocenters. The van der Waals surface area contributed by atoms with Gasteiger partial charge in [0.15, 0.2) is 11.6 Å². The van der Waals surface area contributed by atoms with E-state index in [2.05, 4.69) is 30.3 Å². The van der Waals surface area contributed by atoms with Gasteiger partial charge in [-0.25, -0.2) is 19.9 Å². The molecule has 0 unspecified atom stereocenters. The molecule has 4 aromatic rings. The van der Waals surface area contributed by atoms with Gasteiger partial charge < -0.3 is 0 Å². The highest BCUT2D eigenvalue weighted by Crippen LogP contribution is 2.35. The molecule has 1 amide bonds. The van der Waals surface area contributed by atoms with E-state index >= 15 is 0 Å². The summed E-state index contributed by atoms with van der Waals surface area (Å²) >= 11 is 0. The molecular formula is C18H12F3N7O. The van der Waals surface area contributed by atoms with Crippen molar-refractivity contribution in [3.05, 3.63) is 66.1 Å². The van der Waals surface area contributed by atoms with Crippen molar-refractivity contribution in [2.45, 2.75) is 13.1 Å². The van der Waals surface area contributed by atoms with Gasteiger partial charge in [-0.1, -0.05) is 0 Å². The number of carbonyl (C=O) groups is 1. The highest BCUT2D eigenvalue weighted by molar-refractivity contribution is 6.01.